The molecule has 0 heterocycles. The summed E-state index contributed by atoms with van der Waals surface area (Å²) in [7, 11) is 0. The van der Waals surface area contributed by atoms with E-state index in [0.29, 0.717) is 0 Å². The first-order valence-corrected chi connectivity index (χ1v) is 6.74. The first-order valence-electron chi connectivity index (χ1n) is 6.74. The lowest BCUT2D eigenvalue weighted by molar-refractivity contribution is 0.115. The molecule has 0 atom stereocenters. The molecule has 2 aromatic carbocycles. The largest absolute Gasteiger partial charge is 0.395 e. The van der Waals surface area contributed by atoms with E-state index < -0.39 is 17.0 Å². The lowest BCUT2D eigenvalue weighted by Crippen LogP contribution is -2.38. The Bertz CT molecular complexity index is 622. The third-order valence-corrected chi connectivity index (χ3v) is 3.86. The van der Waals surface area contributed by atoms with Gasteiger partial charge in [0, 0.05) is 5.41 Å². The molecule has 0 aliphatic rings. The van der Waals surface area contributed by atoms with Gasteiger partial charge in [-0.3, -0.25) is 0 Å². The Hall–Kier alpha value is -1.78. The standard InChI is InChI=1S/C17H18F2O2/c1-12-4-2-3-5-15(12)17(10-20,11-21)9-13-8-14(18)6-7-16(13)19/h2-8,20-21H,9-11H2,1H3. The zero-order valence-electron chi connectivity index (χ0n) is 11.8. The first-order chi connectivity index (χ1) is 10.0. The van der Waals surface area contributed by atoms with Crippen LogP contribution in [0.2, 0.25) is 0 Å². The van der Waals surface area contributed by atoms with Crippen LogP contribution >= 0.6 is 0 Å². The average molecular weight is 292 g/mol. The quantitative estimate of drug-likeness (QED) is 0.889. The Morgan fingerprint density at radius 1 is 1.00 bits per heavy atom. The van der Waals surface area contributed by atoms with Gasteiger partial charge < -0.3 is 10.2 Å². The SMILES string of the molecule is Cc1ccccc1C(CO)(CO)Cc1cc(F)ccc1F. The highest BCUT2D eigenvalue weighted by Crippen LogP contribution is 2.31. The third-order valence-electron chi connectivity index (χ3n) is 3.86. The molecule has 0 saturated carbocycles. The number of halogens is 2. The molecule has 0 spiro atoms. The lowest BCUT2D eigenvalue weighted by Gasteiger charge is -2.32. The highest BCUT2D eigenvalue weighted by Gasteiger charge is 2.33. The predicted octanol–water partition coefficient (Wildman–Crippen LogP) is 2.74. The van der Waals surface area contributed by atoms with E-state index in [1.165, 1.54) is 0 Å². The highest BCUT2D eigenvalue weighted by atomic mass is 19.1. The van der Waals surface area contributed by atoms with Crippen LogP contribution < -0.4 is 0 Å². The summed E-state index contributed by atoms with van der Waals surface area (Å²) in [4.78, 5) is 0. The number of hydrogen-bond acceptors (Lipinski definition) is 2. The molecule has 112 valence electrons. The molecule has 2 aromatic rings. The molecular formula is C17H18F2O2. The molecule has 0 saturated heterocycles. The van der Waals surface area contributed by atoms with Crippen molar-refractivity contribution in [2.45, 2.75) is 18.8 Å². The maximum absolute atomic E-state index is 13.9. The van der Waals surface area contributed by atoms with Crippen molar-refractivity contribution < 1.29 is 19.0 Å². The second-order valence-electron chi connectivity index (χ2n) is 5.32. The van der Waals surface area contributed by atoms with Gasteiger partial charge in [0.15, 0.2) is 0 Å². The summed E-state index contributed by atoms with van der Waals surface area (Å²) in [6.07, 6.45) is 0.0223. The molecule has 0 aliphatic carbocycles. The van der Waals surface area contributed by atoms with Gasteiger partial charge in [0.1, 0.15) is 11.6 Å². The topological polar surface area (TPSA) is 40.5 Å². The number of aliphatic hydroxyl groups is 2. The van der Waals surface area contributed by atoms with Gasteiger partial charge in [-0.2, -0.15) is 0 Å². The minimum absolute atomic E-state index is 0.0223. The molecule has 0 radical (unpaired) electrons. The van der Waals surface area contributed by atoms with Crippen molar-refractivity contribution in [2.24, 2.45) is 0 Å². The van der Waals surface area contributed by atoms with E-state index in [2.05, 4.69) is 0 Å². The van der Waals surface area contributed by atoms with E-state index in [0.717, 1.165) is 29.3 Å². The van der Waals surface area contributed by atoms with E-state index >= 15 is 0 Å². The lowest BCUT2D eigenvalue weighted by atomic mass is 9.75. The number of rotatable bonds is 5. The maximum Gasteiger partial charge on any atom is 0.126 e. The Morgan fingerprint density at radius 3 is 2.29 bits per heavy atom. The predicted molar refractivity (Wildman–Crippen MR) is 77.1 cm³/mol. The van der Waals surface area contributed by atoms with Crippen LogP contribution in [0.1, 0.15) is 16.7 Å². The van der Waals surface area contributed by atoms with Crippen LogP contribution in [-0.4, -0.2) is 23.4 Å². The van der Waals surface area contributed by atoms with Crippen LogP contribution in [-0.2, 0) is 11.8 Å². The number of benzene rings is 2. The third kappa shape index (κ3) is 3.12. The fourth-order valence-electron chi connectivity index (χ4n) is 2.64. The second-order valence-corrected chi connectivity index (χ2v) is 5.32. The van der Waals surface area contributed by atoms with E-state index in [4.69, 9.17) is 0 Å². The first kappa shape index (κ1) is 15.6. The molecule has 21 heavy (non-hydrogen) atoms. The zero-order valence-corrected chi connectivity index (χ0v) is 11.8. The van der Waals surface area contributed by atoms with Crippen molar-refractivity contribution in [3.8, 4) is 0 Å². The summed E-state index contributed by atoms with van der Waals surface area (Å²) in [5.41, 5.74) is 0.720. The molecule has 0 aliphatic heterocycles. The van der Waals surface area contributed by atoms with Crippen LogP contribution in [0.3, 0.4) is 0 Å². The summed E-state index contributed by atoms with van der Waals surface area (Å²) >= 11 is 0. The summed E-state index contributed by atoms with van der Waals surface area (Å²) < 4.78 is 27.2. The average Bonchev–Trinajstić information content (AvgIpc) is 2.49. The molecule has 0 fully saturated rings. The maximum atomic E-state index is 13.9. The summed E-state index contributed by atoms with van der Waals surface area (Å²) in [5, 5.41) is 19.6. The fourth-order valence-corrected chi connectivity index (χ4v) is 2.64. The number of aliphatic hydroxyl groups excluding tert-OH is 2. The number of aryl methyl sites for hydroxylation is 1. The van der Waals surface area contributed by atoms with Crippen molar-refractivity contribution in [1.29, 1.82) is 0 Å². The minimum Gasteiger partial charge on any atom is -0.395 e. The van der Waals surface area contributed by atoms with Crippen LogP contribution in [0.4, 0.5) is 8.78 Å². The Kier molecular flexibility index (Phi) is 4.70. The second kappa shape index (κ2) is 6.33. The molecule has 0 bridgehead atoms. The van der Waals surface area contributed by atoms with Crippen LogP contribution in [0.15, 0.2) is 42.5 Å². The Balaban J connectivity index is 2.48. The molecular weight excluding hydrogens is 274 g/mol. The molecule has 2 nitrogen and oxygen atoms in total. The fraction of sp³-hybridized carbons (Fsp3) is 0.294. The van der Waals surface area contributed by atoms with E-state index in [9.17, 15) is 19.0 Å². The monoisotopic (exact) mass is 292 g/mol. The summed E-state index contributed by atoms with van der Waals surface area (Å²) in [6, 6.07) is 10.5. The molecule has 0 amide bonds. The Morgan fingerprint density at radius 2 is 1.67 bits per heavy atom. The van der Waals surface area contributed by atoms with Crippen LogP contribution in [0.5, 0.6) is 0 Å². The van der Waals surface area contributed by atoms with Crippen molar-refractivity contribution in [1.82, 2.24) is 0 Å². The summed E-state index contributed by atoms with van der Waals surface area (Å²) in [6.45, 7) is 1.14. The van der Waals surface area contributed by atoms with Gasteiger partial charge in [-0.05, 0) is 48.2 Å². The highest BCUT2D eigenvalue weighted by molar-refractivity contribution is 5.36. The Labute approximate surface area is 122 Å². The van der Waals surface area contributed by atoms with Gasteiger partial charge in [-0.25, -0.2) is 8.78 Å². The van der Waals surface area contributed by atoms with Crippen molar-refractivity contribution in [3.05, 3.63) is 70.8 Å². The molecule has 2 N–H and O–H groups in total. The van der Waals surface area contributed by atoms with Gasteiger partial charge in [0.25, 0.3) is 0 Å². The van der Waals surface area contributed by atoms with Gasteiger partial charge in [0.05, 0.1) is 13.2 Å². The van der Waals surface area contributed by atoms with Gasteiger partial charge >= 0.3 is 0 Å². The molecule has 0 unspecified atom stereocenters. The summed E-state index contributed by atoms with van der Waals surface area (Å²) in [5.74, 6) is -1.09. The normalized spacial score (nSPS) is 11.7. The molecule has 4 heteroatoms. The van der Waals surface area contributed by atoms with Crippen LogP contribution in [0.25, 0.3) is 0 Å². The number of hydrogen-bond donors (Lipinski definition) is 2. The zero-order chi connectivity index (χ0) is 15.5. The van der Waals surface area contributed by atoms with Crippen LogP contribution in [0, 0.1) is 18.6 Å². The van der Waals surface area contributed by atoms with E-state index in [-0.39, 0.29) is 25.2 Å². The van der Waals surface area contributed by atoms with Gasteiger partial charge in [-0.15, -0.1) is 0 Å². The van der Waals surface area contributed by atoms with Crippen molar-refractivity contribution >= 4 is 0 Å². The van der Waals surface area contributed by atoms with Crippen molar-refractivity contribution in [2.75, 3.05) is 13.2 Å². The van der Waals surface area contributed by atoms with Gasteiger partial charge in [0.2, 0.25) is 0 Å². The van der Waals surface area contributed by atoms with E-state index in [1.54, 1.807) is 12.1 Å². The minimum atomic E-state index is -1.04. The smallest absolute Gasteiger partial charge is 0.126 e. The van der Waals surface area contributed by atoms with Gasteiger partial charge in [-0.1, -0.05) is 24.3 Å². The molecule has 0 aromatic heterocycles. The molecule has 2 rings (SSSR count). The van der Waals surface area contributed by atoms with Crippen molar-refractivity contribution in [3.63, 3.8) is 0 Å². The van der Waals surface area contributed by atoms with E-state index in [1.807, 2.05) is 19.1 Å².